The lowest BCUT2D eigenvalue weighted by atomic mass is 10.1. The number of aromatic nitrogens is 1. The molecule has 146 valence electrons. The molecule has 1 saturated heterocycles. The van der Waals surface area contributed by atoms with Crippen molar-refractivity contribution < 1.29 is 14.1 Å². The molecule has 0 radical (unpaired) electrons. The largest absolute Gasteiger partial charge is 0.360 e. The van der Waals surface area contributed by atoms with Gasteiger partial charge < -0.3 is 14.7 Å². The first kappa shape index (κ1) is 20.4. The first-order chi connectivity index (χ1) is 12.6. The molecule has 0 spiro atoms. The molecule has 1 fully saturated rings. The van der Waals surface area contributed by atoms with Crippen LogP contribution in [0.25, 0.3) is 0 Å². The number of unbranched alkanes of at least 4 members (excludes halogenated alkanes) is 5. The van der Waals surface area contributed by atoms with Gasteiger partial charge in [-0.05, 0) is 13.3 Å². The quantitative estimate of drug-likeness (QED) is 0.646. The second kappa shape index (κ2) is 11.0. The number of amides is 2. The zero-order valence-corrected chi connectivity index (χ0v) is 16.1. The molecule has 2 heterocycles. The van der Waals surface area contributed by atoms with Crippen LogP contribution in [0.15, 0.2) is 10.6 Å². The van der Waals surface area contributed by atoms with Crippen molar-refractivity contribution >= 4 is 17.6 Å². The third-order valence-corrected chi connectivity index (χ3v) is 4.73. The van der Waals surface area contributed by atoms with Gasteiger partial charge >= 0.3 is 0 Å². The number of hydrogen-bond acceptors (Lipinski definition) is 5. The fraction of sp³-hybridized carbons (Fsp3) is 0.737. The zero-order valence-electron chi connectivity index (χ0n) is 16.1. The van der Waals surface area contributed by atoms with Crippen LogP contribution in [0.2, 0.25) is 0 Å². The standard InChI is InChI=1S/C19H32N4O3/c1-3-4-5-6-7-8-9-19(25)23-12-10-22(11-13-23)15-18(24)20-17-14-16(2)26-21-17/h14H,3-13,15H2,1-2H3,(H,20,21,24). The van der Waals surface area contributed by atoms with Crippen molar-refractivity contribution in [2.45, 2.75) is 58.8 Å². The summed E-state index contributed by atoms with van der Waals surface area (Å²) in [4.78, 5) is 28.3. The SMILES string of the molecule is CCCCCCCCC(=O)N1CCN(CC(=O)Nc2cc(C)on2)CC1. The number of nitrogens with zero attached hydrogens (tertiary/aromatic N) is 3. The highest BCUT2D eigenvalue weighted by molar-refractivity contribution is 5.91. The fourth-order valence-electron chi connectivity index (χ4n) is 3.18. The zero-order chi connectivity index (χ0) is 18.8. The summed E-state index contributed by atoms with van der Waals surface area (Å²) in [6.07, 6.45) is 7.83. The minimum Gasteiger partial charge on any atom is -0.360 e. The Bertz CT molecular complexity index is 565. The maximum atomic E-state index is 12.3. The maximum absolute atomic E-state index is 12.3. The van der Waals surface area contributed by atoms with Crippen LogP contribution in [0.4, 0.5) is 5.82 Å². The molecule has 0 atom stereocenters. The number of hydrogen-bond donors (Lipinski definition) is 1. The average Bonchev–Trinajstić information content (AvgIpc) is 3.03. The van der Waals surface area contributed by atoms with E-state index in [0.29, 0.717) is 37.6 Å². The van der Waals surface area contributed by atoms with Crippen molar-refractivity contribution in [3.63, 3.8) is 0 Å². The number of rotatable bonds is 10. The van der Waals surface area contributed by atoms with Gasteiger partial charge in [0.05, 0.1) is 6.54 Å². The fourth-order valence-corrected chi connectivity index (χ4v) is 3.18. The molecule has 1 aliphatic rings. The minimum atomic E-state index is -0.106. The van der Waals surface area contributed by atoms with Crippen LogP contribution >= 0.6 is 0 Å². The maximum Gasteiger partial charge on any atom is 0.239 e. The monoisotopic (exact) mass is 364 g/mol. The van der Waals surface area contributed by atoms with E-state index < -0.39 is 0 Å². The summed E-state index contributed by atoms with van der Waals surface area (Å²) >= 11 is 0. The van der Waals surface area contributed by atoms with Crippen LogP contribution in [0, 0.1) is 6.92 Å². The van der Waals surface area contributed by atoms with Gasteiger partial charge in [0.1, 0.15) is 5.76 Å². The third-order valence-electron chi connectivity index (χ3n) is 4.73. The Hall–Kier alpha value is -1.89. The first-order valence-electron chi connectivity index (χ1n) is 9.81. The predicted molar refractivity (Wildman–Crippen MR) is 101 cm³/mol. The van der Waals surface area contributed by atoms with Gasteiger partial charge in [-0.25, -0.2) is 0 Å². The molecule has 1 N–H and O–H groups in total. The van der Waals surface area contributed by atoms with Crippen LogP contribution in [0.5, 0.6) is 0 Å². The van der Waals surface area contributed by atoms with Gasteiger partial charge in [-0.2, -0.15) is 0 Å². The normalized spacial score (nSPS) is 15.2. The van der Waals surface area contributed by atoms with E-state index in [-0.39, 0.29) is 11.8 Å². The van der Waals surface area contributed by atoms with Crippen molar-refractivity contribution in [1.82, 2.24) is 15.0 Å². The van der Waals surface area contributed by atoms with E-state index in [1.165, 1.54) is 25.7 Å². The highest BCUT2D eigenvalue weighted by Crippen LogP contribution is 2.11. The van der Waals surface area contributed by atoms with Crippen LogP contribution in [0.3, 0.4) is 0 Å². The first-order valence-corrected chi connectivity index (χ1v) is 9.81. The number of anilines is 1. The van der Waals surface area contributed by atoms with Gasteiger partial charge in [0.25, 0.3) is 0 Å². The summed E-state index contributed by atoms with van der Waals surface area (Å²) in [5.74, 6) is 1.26. The second-order valence-corrected chi connectivity index (χ2v) is 7.05. The Labute approximate surface area is 156 Å². The molecule has 1 aromatic heterocycles. The number of nitrogens with one attached hydrogen (secondary N) is 1. The summed E-state index contributed by atoms with van der Waals surface area (Å²) < 4.78 is 4.93. The van der Waals surface area contributed by atoms with E-state index in [2.05, 4.69) is 22.3 Å². The summed E-state index contributed by atoms with van der Waals surface area (Å²) in [6, 6.07) is 1.69. The molecule has 0 unspecified atom stereocenters. The molecule has 7 nitrogen and oxygen atoms in total. The molecular weight excluding hydrogens is 332 g/mol. The molecular formula is C19H32N4O3. The van der Waals surface area contributed by atoms with Crippen molar-refractivity contribution in [3.8, 4) is 0 Å². The van der Waals surface area contributed by atoms with Crippen molar-refractivity contribution in [1.29, 1.82) is 0 Å². The molecule has 0 aromatic carbocycles. The molecule has 0 bridgehead atoms. The number of carbonyl (C=O) groups excluding carboxylic acids is 2. The molecule has 2 rings (SSSR count). The lowest BCUT2D eigenvalue weighted by Crippen LogP contribution is -2.50. The smallest absolute Gasteiger partial charge is 0.239 e. The molecule has 2 amide bonds. The van der Waals surface area contributed by atoms with Crippen LogP contribution in [-0.2, 0) is 9.59 Å². The van der Waals surface area contributed by atoms with E-state index in [1.807, 2.05) is 4.90 Å². The van der Waals surface area contributed by atoms with E-state index in [1.54, 1.807) is 13.0 Å². The predicted octanol–water partition coefficient (Wildman–Crippen LogP) is 2.82. The van der Waals surface area contributed by atoms with Gasteiger partial charge in [-0.15, -0.1) is 0 Å². The molecule has 26 heavy (non-hydrogen) atoms. The van der Waals surface area contributed by atoms with Crippen LogP contribution in [-0.4, -0.2) is 59.5 Å². The van der Waals surface area contributed by atoms with Gasteiger partial charge in [0.2, 0.25) is 11.8 Å². The van der Waals surface area contributed by atoms with E-state index in [4.69, 9.17) is 4.52 Å². The summed E-state index contributed by atoms with van der Waals surface area (Å²) in [5, 5.41) is 6.48. The van der Waals surface area contributed by atoms with E-state index in [0.717, 1.165) is 25.9 Å². The van der Waals surface area contributed by atoms with Gasteiger partial charge in [-0.3, -0.25) is 14.5 Å². The van der Waals surface area contributed by atoms with Gasteiger partial charge in [0.15, 0.2) is 5.82 Å². The molecule has 0 saturated carbocycles. The van der Waals surface area contributed by atoms with Crippen molar-refractivity contribution in [3.05, 3.63) is 11.8 Å². The molecule has 1 aromatic rings. The number of piperazine rings is 1. The summed E-state index contributed by atoms with van der Waals surface area (Å²) in [6.45, 7) is 7.16. The topological polar surface area (TPSA) is 78.7 Å². The van der Waals surface area contributed by atoms with Gasteiger partial charge in [-0.1, -0.05) is 44.2 Å². The second-order valence-electron chi connectivity index (χ2n) is 7.05. The highest BCUT2D eigenvalue weighted by Gasteiger charge is 2.22. The lowest BCUT2D eigenvalue weighted by molar-refractivity contribution is -0.133. The molecule has 0 aliphatic carbocycles. The van der Waals surface area contributed by atoms with Gasteiger partial charge in [0, 0.05) is 38.7 Å². The van der Waals surface area contributed by atoms with Crippen molar-refractivity contribution in [2.24, 2.45) is 0 Å². The van der Waals surface area contributed by atoms with Crippen LogP contribution < -0.4 is 5.32 Å². The minimum absolute atomic E-state index is 0.106. The Morgan fingerprint density at radius 2 is 1.81 bits per heavy atom. The Morgan fingerprint density at radius 3 is 2.46 bits per heavy atom. The highest BCUT2D eigenvalue weighted by atomic mass is 16.5. The van der Waals surface area contributed by atoms with E-state index >= 15 is 0 Å². The van der Waals surface area contributed by atoms with E-state index in [9.17, 15) is 9.59 Å². The summed E-state index contributed by atoms with van der Waals surface area (Å²) in [5.41, 5.74) is 0. The third kappa shape index (κ3) is 7.15. The average molecular weight is 364 g/mol. The number of aryl methyl sites for hydroxylation is 1. The van der Waals surface area contributed by atoms with Crippen LogP contribution in [0.1, 0.15) is 57.6 Å². The van der Waals surface area contributed by atoms with Crippen molar-refractivity contribution in [2.75, 3.05) is 38.0 Å². The summed E-state index contributed by atoms with van der Waals surface area (Å²) in [7, 11) is 0. The Morgan fingerprint density at radius 1 is 1.12 bits per heavy atom. The lowest BCUT2D eigenvalue weighted by Gasteiger charge is -2.34. The number of carbonyl (C=O) groups is 2. The molecule has 7 heteroatoms. The Kier molecular flexibility index (Phi) is 8.61. The molecule has 1 aliphatic heterocycles. The Balaban J connectivity index is 1.59.